The number of hydrogen-bond acceptors (Lipinski definition) is 2. The Morgan fingerprint density at radius 1 is 1.44 bits per heavy atom. The lowest BCUT2D eigenvalue weighted by Gasteiger charge is -2.24. The molecule has 2 rings (SSSR count). The van der Waals surface area contributed by atoms with Crippen LogP contribution in [0.1, 0.15) is 23.6 Å². The molecule has 16 heavy (non-hydrogen) atoms. The fraction of sp³-hybridized carbons (Fsp3) is 0.364. The molecular weight excluding hydrogens is 216 g/mol. The summed E-state index contributed by atoms with van der Waals surface area (Å²) in [6.45, 7) is 1.72. The van der Waals surface area contributed by atoms with Crippen molar-refractivity contribution in [3.05, 3.63) is 34.9 Å². The number of amides is 1. The monoisotopic (exact) mass is 227 g/mol. The van der Waals surface area contributed by atoms with Crippen LogP contribution in [0.2, 0.25) is 0 Å². The number of ether oxygens (including phenoxy) is 1. The van der Waals surface area contributed by atoms with Gasteiger partial charge in [0.25, 0.3) is 0 Å². The van der Waals surface area contributed by atoms with E-state index in [1.165, 1.54) is 12.1 Å². The molecule has 0 radical (unpaired) electrons. The average Bonchev–Trinajstić information content (AvgIpc) is 2.24. The predicted octanol–water partition coefficient (Wildman–Crippen LogP) is 2.44. The molecule has 86 valence electrons. The first-order chi connectivity index (χ1) is 7.59. The van der Waals surface area contributed by atoms with Crippen LogP contribution in [0.4, 0.5) is 13.6 Å². The summed E-state index contributed by atoms with van der Waals surface area (Å²) in [5.41, 5.74) is 0.272. The molecule has 5 heteroatoms. The fourth-order valence-electron chi connectivity index (χ4n) is 1.74. The number of cyclic esters (lactones) is 1. The van der Waals surface area contributed by atoms with E-state index in [4.69, 9.17) is 0 Å². The number of alkyl carbamates (subject to hydrolysis) is 1. The predicted molar refractivity (Wildman–Crippen MR) is 52.9 cm³/mol. The number of carbonyl (C=O) groups is 1. The maximum absolute atomic E-state index is 13.7. The molecule has 0 aromatic heterocycles. The zero-order valence-corrected chi connectivity index (χ0v) is 8.72. The van der Waals surface area contributed by atoms with Crippen molar-refractivity contribution in [2.75, 3.05) is 6.61 Å². The van der Waals surface area contributed by atoms with Gasteiger partial charge in [0, 0.05) is 12.0 Å². The van der Waals surface area contributed by atoms with Crippen LogP contribution in [-0.2, 0) is 4.74 Å². The Morgan fingerprint density at radius 3 is 2.88 bits per heavy atom. The van der Waals surface area contributed by atoms with Crippen molar-refractivity contribution in [1.82, 2.24) is 5.32 Å². The third-order valence-corrected chi connectivity index (χ3v) is 2.60. The van der Waals surface area contributed by atoms with Gasteiger partial charge in [-0.2, -0.15) is 0 Å². The lowest BCUT2D eigenvalue weighted by atomic mass is 10.00. The summed E-state index contributed by atoms with van der Waals surface area (Å²) in [6, 6.07) is 1.92. The lowest BCUT2D eigenvalue weighted by Crippen LogP contribution is -2.36. The minimum absolute atomic E-state index is 0.0864. The molecule has 0 unspecified atom stereocenters. The highest BCUT2D eigenvalue weighted by Gasteiger charge is 2.26. The third kappa shape index (κ3) is 1.85. The second-order valence-electron chi connectivity index (χ2n) is 3.71. The first-order valence-electron chi connectivity index (χ1n) is 4.97. The van der Waals surface area contributed by atoms with Gasteiger partial charge in [-0.15, -0.1) is 0 Å². The van der Waals surface area contributed by atoms with Crippen LogP contribution in [0.5, 0.6) is 0 Å². The van der Waals surface area contributed by atoms with Crippen molar-refractivity contribution in [2.24, 2.45) is 0 Å². The van der Waals surface area contributed by atoms with E-state index in [-0.39, 0.29) is 12.2 Å². The molecule has 0 aliphatic carbocycles. The molecular formula is C11H11F2NO2. The first kappa shape index (κ1) is 10.9. The standard InChI is InChI=1S/C11H11F2NO2/c1-6-2-3-7(12)9(10(6)13)8-4-5-16-11(15)14-8/h2-3,8H,4-5H2,1H3,(H,14,15)/t8-/m0/s1. The van der Waals surface area contributed by atoms with Gasteiger partial charge in [0.05, 0.1) is 12.6 Å². The van der Waals surface area contributed by atoms with Crippen molar-refractivity contribution >= 4 is 6.09 Å². The van der Waals surface area contributed by atoms with Crippen LogP contribution < -0.4 is 5.32 Å². The molecule has 0 bridgehead atoms. The zero-order valence-electron chi connectivity index (χ0n) is 8.72. The highest BCUT2D eigenvalue weighted by Crippen LogP contribution is 2.27. The molecule has 1 aromatic rings. The Kier molecular flexibility index (Phi) is 2.77. The number of hydrogen-bond donors (Lipinski definition) is 1. The van der Waals surface area contributed by atoms with Crippen LogP contribution in [-0.4, -0.2) is 12.7 Å². The first-order valence-corrected chi connectivity index (χ1v) is 4.97. The lowest BCUT2D eigenvalue weighted by molar-refractivity contribution is 0.114. The Labute approximate surface area is 91.4 Å². The molecule has 1 fully saturated rings. The van der Waals surface area contributed by atoms with Crippen LogP contribution in [0.25, 0.3) is 0 Å². The van der Waals surface area contributed by atoms with E-state index in [0.717, 1.165) is 0 Å². The third-order valence-electron chi connectivity index (χ3n) is 2.60. The number of halogens is 2. The maximum atomic E-state index is 13.7. The molecule has 1 heterocycles. The quantitative estimate of drug-likeness (QED) is 0.800. The summed E-state index contributed by atoms with van der Waals surface area (Å²) >= 11 is 0. The second kappa shape index (κ2) is 4.08. The molecule has 1 aliphatic heterocycles. The molecule has 1 amide bonds. The molecule has 1 aliphatic rings. The summed E-state index contributed by atoms with van der Waals surface area (Å²) in [5.74, 6) is -1.25. The Morgan fingerprint density at radius 2 is 2.19 bits per heavy atom. The van der Waals surface area contributed by atoms with Gasteiger partial charge in [-0.05, 0) is 18.6 Å². The number of nitrogens with one attached hydrogen (secondary N) is 1. The van der Waals surface area contributed by atoms with Crippen LogP contribution in [0.15, 0.2) is 12.1 Å². The normalized spacial score (nSPS) is 20.2. The smallest absolute Gasteiger partial charge is 0.407 e. The molecule has 1 N–H and O–H groups in total. The minimum atomic E-state index is -0.652. The van der Waals surface area contributed by atoms with E-state index in [2.05, 4.69) is 10.1 Å². The van der Waals surface area contributed by atoms with Crippen molar-refractivity contribution in [3.8, 4) is 0 Å². The summed E-state index contributed by atoms with van der Waals surface area (Å²) in [5, 5.41) is 2.40. The van der Waals surface area contributed by atoms with Crippen LogP contribution in [0.3, 0.4) is 0 Å². The van der Waals surface area contributed by atoms with E-state index in [1.54, 1.807) is 6.92 Å². The average molecular weight is 227 g/mol. The van der Waals surface area contributed by atoms with Gasteiger partial charge in [0.1, 0.15) is 11.6 Å². The SMILES string of the molecule is Cc1ccc(F)c([C@@H]2CCOC(=O)N2)c1F. The van der Waals surface area contributed by atoms with E-state index in [1.807, 2.05) is 0 Å². The summed E-state index contributed by atoms with van der Waals surface area (Å²) in [7, 11) is 0. The van der Waals surface area contributed by atoms with E-state index >= 15 is 0 Å². The molecule has 0 saturated carbocycles. The van der Waals surface area contributed by atoms with Crippen molar-refractivity contribution in [1.29, 1.82) is 0 Å². The van der Waals surface area contributed by atoms with Crippen LogP contribution in [0, 0.1) is 18.6 Å². The van der Waals surface area contributed by atoms with Gasteiger partial charge in [0.15, 0.2) is 0 Å². The molecule has 1 atom stereocenters. The number of aryl methyl sites for hydroxylation is 1. The minimum Gasteiger partial charge on any atom is -0.449 e. The Bertz CT molecular complexity index is 434. The largest absolute Gasteiger partial charge is 0.449 e. The van der Waals surface area contributed by atoms with Crippen molar-refractivity contribution in [3.63, 3.8) is 0 Å². The Balaban J connectivity index is 2.39. The van der Waals surface area contributed by atoms with Crippen molar-refractivity contribution < 1.29 is 18.3 Å². The summed E-state index contributed by atoms with van der Waals surface area (Å²) < 4.78 is 31.9. The van der Waals surface area contributed by atoms with E-state index in [0.29, 0.717) is 12.0 Å². The highest BCUT2D eigenvalue weighted by atomic mass is 19.1. The Hall–Kier alpha value is -1.65. The van der Waals surface area contributed by atoms with Crippen molar-refractivity contribution in [2.45, 2.75) is 19.4 Å². The topological polar surface area (TPSA) is 38.3 Å². The van der Waals surface area contributed by atoms with Gasteiger partial charge in [-0.3, -0.25) is 0 Å². The maximum Gasteiger partial charge on any atom is 0.407 e. The van der Waals surface area contributed by atoms with Gasteiger partial charge < -0.3 is 10.1 Å². The highest BCUT2D eigenvalue weighted by molar-refractivity contribution is 5.68. The molecule has 1 aromatic carbocycles. The van der Waals surface area contributed by atoms with Gasteiger partial charge in [-0.25, -0.2) is 13.6 Å². The van der Waals surface area contributed by atoms with Crippen LogP contribution >= 0.6 is 0 Å². The van der Waals surface area contributed by atoms with Gasteiger partial charge in [-0.1, -0.05) is 6.07 Å². The number of carbonyl (C=O) groups excluding carboxylic acids is 1. The number of benzene rings is 1. The molecule has 1 saturated heterocycles. The zero-order chi connectivity index (χ0) is 11.7. The fourth-order valence-corrected chi connectivity index (χ4v) is 1.74. The molecule has 0 spiro atoms. The summed E-state index contributed by atoms with van der Waals surface area (Å²) in [4.78, 5) is 11.0. The van der Waals surface area contributed by atoms with E-state index in [9.17, 15) is 13.6 Å². The van der Waals surface area contributed by atoms with E-state index < -0.39 is 23.8 Å². The second-order valence-corrected chi connectivity index (χ2v) is 3.71. The van der Waals surface area contributed by atoms with Gasteiger partial charge in [0.2, 0.25) is 0 Å². The van der Waals surface area contributed by atoms with Gasteiger partial charge >= 0.3 is 6.09 Å². The number of rotatable bonds is 1. The summed E-state index contributed by atoms with van der Waals surface area (Å²) in [6.07, 6.45) is -0.278. The molecule has 3 nitrogen and oxygen atoms in total.